The summed E-state index contributed by atoms with van der Waals surface area (Å²) < 4.78 is 2.06. The molecule has 20 heavy (non-hydrogen) atoms. The molecule has 2 aromatic rings. The van der Waals surface area contributed by atoms with Crippen LogP contribution in [0.5, 0.6) is 0 Å². The third-order valence-electron chi connectivity index (χ3n) is 3.94. The lowest BCUT2D eigenvalue weighted by molar-refractivity contribution is -0.127. The van der Waals surface area contributed by atoms with E-state index in [0.717, 1.165) is 37.4 Å². The molecule has 0 spiro atoms. The molecule has 0 bridgehead atoms. The van der Waals surface area contributed by atoms with Gasteiger partial charge in [0.1, 0.15) is 5.82 Å². The lowest BCUT2D eigenvalue weighted by Gasteiger charge is -2.30. The van der Waals surface area contributed by atoms with Gasteiger partial charge in [0.05, 0.1) is 0 Å². The summed E-state index contributed by atoms with van der Waals surface area (Å²) in [5, 5.41) is 8.58. The maximum atomic E-state index is 11.6. The predicted octanol–water partition coefficient (Wildman–Crippen LogP) is 1.93. The second-order valence-electron chi connectivity index (χ2n) is 5.29. The maximum Gasteiger partial charge on any atom is 0.245 e. The van der Waals surface area contributed by atoms with E-state index in [1.54, 1.807) is 0 Å². The van der Waals surface area contributed by atoms with E-state index in [0.29, 0.717) is 5.92 Å². The molecule has 0 saturated carbocycles. The maximum absolute atomic E-state index is 11.6. The van der Waals surface area contributed by atoms with Crippen LogP contribution in [0.4, 0.5) is 0 Å². The number of hydrogen-bond acceptors (Lipinski definition) is 3. The molecular weight excluding hydrogens is 252 g/mol. The lowest BCUT2D eigenvalue weighted by atomic mass is 9.96. The SMILES string of the molecule is C=CC(=O)N1CCC(c2nnc3cc(C)ccn23)CC1. The summed E-state index contributed by atoms with van der Waals surface area (Å²) in [6.07, 6.45) is 5.26. The van der Waals surface area contributed by atoms with Gasteiger partial charge in [0.15, 0.2) is 5.65 Å². The van der Waals surface area contributed by atoms with Crippen LogP contribution in [0.2, 0.25) is 0 Å². The summed E-state index contributed by atoms with van der Waals surface area (Å²) >= 11 is 0. The number of fused-ring (bicyclic) bond motifs is 1. The van der Waals surface area contributed by atoms with Crippen molar-refractivity contribution in [3.8, 4) is 0 Å². The first-order chi connectivity index (χ1) is 9.69. The van der Waals surface area contributed by atoms with Gasteiger partial charge < -0.3 is 4.90 Å². The molecule has 0 aliphatic carbocycles. The number of aryl methyl sites for hydroxylation is 1. The van der Waals surface area contributed by atoms with Crippen molar-refractivity contribution in [2.24, 2.45) is 0 Å². The average molecular weight is 270 g/mol. The first kappa shape index (κ1) is 12.8. The Labute approximate surface area is 117 Å². The number of pyridine rings is 1. The van der Waals surface area contributed by atoms with Crippen molar-refractivity contribution < 1.29 is 4.79 Å². The van der Waals surface area contributed by atoms with Gasteiger partial charge in [-0.2, -0.15) is 0 Å². The van der Waals surface area contributed by atoms with Crippen molar-refractivity contribution in [1.82, 2.24) is 19.5 Å². The third kappa shape index (κ3) is 2.19. The van der Waals surface area contributed by atoms with Crippen molar-refractivity contribution in [2.75, 3.05) is 13.1 Å². The van der Waals surface area contributed by atoms with Crippen molar-refractivity contribution in [2.45, 2.75) is 25.7 Å². The standard InChI is InChI=1S/C15H18N4O/c1-3-14(20)18-7-5-12(6-8-18)15-17-16-13-10-11(2)4-9-19(13)15/h3-4,9-10,12H,1,5-8H2,2H3. The number of carbonyl (C=O) groups is 1. The van der Waals surface area contributed by atoms with E-state index >= 15 is 0 Å². The summed E-state index contributed by atoms with van der Waals surface area (Å²) in [5.41, 5.74) is 2.08. The fourth-order valence-corrected chi connectivity index (χ4v) is 2.78. The summed E-state index contributed by atoms with van der Waals surface area (Å²) in [6, 6.07) is 4.10. The summed E-state index contributed by atoms with van der Waals surface area (Å²) in [4.78, 5) is 13.4. The van der Waals surface area contributed by atoms with E-state index in [1.165, 1.54) is 11.6 Å². The normalized spacial score (nSPS) is 16.6. The zero-order chi connectivity index (χ0) is 14.1. The molecule has 1 amide bonds. The molecule has 0 radical (unpaired) electrons. The molecule has 1 fully saturated rings. The van der Waals surface area contributed by atoms with E-state index in [-0.39, 0.29) is 5.91 Å². The Kier molecular flexibility index (Phi) is 3.26. The molecule has 0 atom stereocenters. The predicted molar refractivity (Wildman–Crippen MR) is 76.5 cm³/mol. The van der Waals surface area contributed by atoms with Crippen LogP contribution in [-0.2, 0) is 4.79 Å². The Morgan fingerprint density at radius 3 is 2.85 bits per heavy atom. The van der Waals surface area contributed by atoms with Crippen LogP contribution in [0, 0.1) is 6.92 Å². The minimum atomic E-state index is 0.0187. The van der Waals surface area contributed by atoms with Crippen LogP contribution in [-0.4, -0.2) is 38.5 Å². The van der Waals surface area contributed by atoms with Gasteiger partial charge in [-0.25, -0.2) is 0 Å². The first-order valence-corrected chi connectivity index (χ1v) is 6.91. The highest BCUT2D eigenvalue weighted by atomic mass is 16.2. The van der Waals surface area contributed by atoms with Gasteiger partial charge in [-0.05, 0) is 43.5 Å². The Balaban J connectivity index is 1.80. The molecule has 1 aliphatic rings. The number of hydrogen-bond donors (Lipinski definition) is 0. The molecule has 0 N–H and O–H groups in total. The number of rotatable bonds is 2. The van der Waals surface area contributed by atoms with Crippen molar-refractivity contribution in [3.05, 3.63) is 42.4 Å². The number of piperidine rings is 1. The van der Waals surface area contributed by atoms with Crippen molar-refractivity contribution >= 4 is 11.6 Å². The second-order valence-corrected chi connectivity index (χ2v) is 5.29. The zero-order valence-corrected chi connectivity index (χ0v) is 11.6. The quantitative estimate of drug-likeness (QED) is 0.783. The minimum Gasteiger partial charge on any atom is -0.339 e. The molecule has 5 heteroatoms. The van der Waals surface area contributed by atoms with Crippen molar-refractivity contribution in [3.63, 3.8) is 0 Å². The van der Waals surface area contributed by atoms with Crippen LogP contribution >= 0.6 is 0 Å². The topological polar surface area (TPSA) is 50.5 Å². The molecule has 3 heterocycles. The number of likely N-dealkylation sites (tertiary alicyclic amines) is 1. The fraction of sp³-hybridized carbons (Fsp3) is 0.400. The molecule has 2 aromatic heterocycles. The Bertz CT molecular complexity index is 653. The molecule has 3 rings (SSSR count). The van der Waals surface area contributed by atoms with Crippen molar-refractivity contribution in [1.29, 1.82) is 0 Å². The van der Waals surface area contributed by atoms with E-state index < -0.39 is 0 Å². The first-order valence-electron chi connectivity index (χ1n) is 6.91. The largest absolute Gasteiger partial charge is 0.339 e. The second kappa shape index (κ2) is 5.07. The summed E-state index contributed by atoms with van der Waals surface area (Å²) in [7, 11) is 0. The Morgan fingerprint density at radius 1 is 1.40 bits per heavy atom. The smallest absolute Gasteiger partial charge is 0.245 e. The molecule has 5 nitrogen and oxygen atoms in total. The van der Waals surface area contributed by atoms with E-state index in [1.807, 2.05) is 24.1 Å². The number of carbonyl (C=O) groups excluding carboxylic acids is 1. The summed E-state index contributed by atoms with van der Waals surface area (Å²) in [5.74, 6) is 1.39. The molecule has 1 saturated heterocycles. The number of nitrogens with zero attached hydrogens (tertiary/aromatic N) is 4. The number of aromatic nitrogens is 3. The third-order valence-corrected chi connectivity index (χ3v) is 3.94. The average Bonchev–Trinajstić information content (AvgIpc) is 2.89. The number of amides is 1. The van der Waals surface area contributed by atoms with Crippen LogP contribution < -0.4 is 0 Å². The Hall–Kier alpha value is -2.17. The van der Waals surface area contributed by atoms with Crippen LogP contribution in [0.15, 0.2) is 31.0 Å². The van der Waals surface area contributed by atoms with Gasteiger partial charge >= 0.3 is 0 Å². The highest BCUT2D eigenvalue weighted by Crippen LogP contribution is 2.27. The monoisotopic (exact) mass is 270 g/mol. The van der Waals surface area contributed by atoms with E-state index in [2.05, 4.69) is 27.2 Å². The van der Waals surface area contributed by atoms with Gasteiger partial charge in [-0.3, -0.25) is 9.20 Å². The van der Waals surface area contributed by atoms with Gasteiger partial charge in [0.2, 0.25) is 5.91 Å². The van der Waals surface area contributed by atoms with Crippen LogP contribution in [0.25, 0.3) is 5.65 Å². The van der Waals surface area contributed by atoms with Gasteiger partial charge in [0, 0.05) is 25.2 Å². The molecule has 0 unspecified atom stereocenters. The molecule has 104 valence electrons. The highest BCUT2D eigenvalue weighted by Gasteiger charge is 2.25. The lowest BCUT2D eigenvalue weighted by Crippen LogP contribution is -2.37. The van der Waals surface area contributed by atoms with Gasteiger partial charge in [-0.15, -0.1) is 10.2 Å². The summed E-state index contributed by atoms with van der Waals surface area (Å²) in [6.45, 7) is 7.11. The zero-order valence-electron chi connectivity index (χ0n) is 11.6. The Morgan fingerprint density at radius 2 is 2.15 bits per heavy atom. The van der Waals surface area contributed by atoms with E-state index in [4.69, 9.17) is 0 Å². The molecule has 0 aromatic carbocycles. The highest BCUT2D eigenvalue weighted by molar-refractivity contribution is 5.87. The van der Waals surface area contributed by atoms with Gasteiger partial charge in [0.25, 0.3) is 0 Å². The van der Waals surface area contributed by atoms with Gasteiger partial charge in [-0.1, -0.05) is 6.58 Å². The van der Waals surface area contributed by atoms with E-state index in [9.17, 15) is 4.79 Å². The molecule has 1 aliphatic heterocycles. The minimum absolute atomic E-state index is 0.0187. The molecular formula is C15H18N4O. The van der Waals surface area contributed by atoms with Crippen LogP contribution in [0.3, 0.4) is 0 Å². The fourth-order valence-electron chi connectivity index (χ4n) is 2.78. The van der Waals surface area contributed by atoms with Crippen LogP contribution in [0.1, 0.15) is 30.1 Å².